The fourth-order valence-corrected chi connectivity index (χ4v) is 3.66. The molecule has 0 aliphatic rings. The van der Waals surface area contributed by atoms with Crippen molar-refractivity contribution in [3.05, 3.63) is 89.6 Å². The zero-order valence-electron chi connectivity index (χ0n) is 20.6. The molecule has 0 bridgehead atoms. The van der Waals surface area contributed by atoms with Gasteiger partial charge in [-0.15, -0.1) is 0 Å². The fraction of sp³-hybridized carbons (Fsp3) is 0.286. The molecule has 7 nitrogen and oxygen atoms in total. The SMILES string of the molecule is Cc1ccc([C@H](C(=O)NC(C)C)N(C(=O)CCC(=O)Nc2ccccn2)c2ccc(C)cc2)cc1. The van der Waals surface area contributed by atoms with E-state index in [4.69, 9.17) is 0 Å². The number of rotatable bonds is 9. The Balaban J connectivity index is 1.92. The van der Waals surface area contributed by atoms with Crippen LogP contribution in [-0.2, 0) is 14.4 Å². The third kappa shape index (κ3) is 7.24. The van der Waals surface area contributed by atoms with Gasteiger partial charge in [0.05, 0.1) is 0 Å². The maximum absolute atomic E-state index is 13.6. The molecule has 0 radical (unpaired) electrons. The highest BCUT2D eigenvalue weighted by Gasteiger charge is 2.33. The van der Waals surface area contributed by atoms with Gasteiger partial charge in [-0.1, -0.05) is 53.6 Å². The summed E-state index contributed by atoms with van der Waals surface area (Å²) >= 11 is 0. The van der Waals surface area contributed by atoms with Crippen molar-refractivity contribution in [1.82, 2.24) is 10.3 Å². The second-order valence-corrected chi connectivity index (χ2v) is 8.84. The maximum atomic E-state index is 13.6. The van der Waals surface area contributed by atoms with Crippen molar-refractivity contribution in [2.75, 3.05) is 10.2 Å². The average Bonchev–Trinajstić information content (AvgIpc) is 2.82. The van der Waals surface area contributed by atoms with Crippen molar-refractivity contribution in [3.63, 3.8) is 0 Å². The molecule has 7 heteroatoms. The number of hydrogen-bond donors (Lipinski definition) is 2. The number of aromatic nitrogens is 1. The summed E-state index contributed by atoms with van der Waals surface area (Å²) in [6, 6.07) is 19.2. The zero-order valence-corrected chi connectivity index (χ0v) is 20.6. The Bertz CT molecular complexity index is 1140. The number of aryl methyl sites for hydroxylation is 2. The predicted octanol–water partition coefficient (Wildman–Crippen LogP) is 4.72. The summed E-state index contributed by atoms with van der Waals surface area (Å²) in [5.74, 6) is -0.501. The second-order valence-electron chi connectivity index (χ2n) is 8.84. The van der Waals surface area contributed by atoms with Gasteiger partial charge in [0.2, 0.25) is 17.7 Å². The molecule has 35 heavy (non-hydrogen) atoms. The third-order valence-corrected chi connectivity index (χ3v) is 5.41. The van der Waals surface area contributed by atoms with Gasteiger partial charge in [-0.05, 0) is 57.5 Å². The quantitative estimate of drug-likeness (QED) is 0.472. The van der Waals surface area contributed by atoms with Crippen molar-refractivity contribution in [1.29, 1.82) is 0 Å². The monoisotopic (exact) mass is 472 g/mol. The van der Waals surface area contributed by atoms with Crippen molar-refractivity contribution in [2.45, 2.75) is 52.6 Å². The van der Waals surface area contributed by atoms with E-state index < -0.39 is 6.04 Å². The van der Waals surface area contributed by atoms with Gasteiger partial charge in [0.25, 0.3) is 0 Å². The normalized spacial score (nSPS) is 11.6. The Hall–Kier alpha value is -4.00. The molecule has 0 fully saturated rings. The van der Waals surface area contributed by atoms with Crippen LogP contribution in [0.3, 0.4) is 0 Å². The average molecular weight is 473 g/mol. The zero-order chi connectivity index (χ0) is 25.4. The van der Waals surface area contributed by atoms with Crippen LogP contribution in [0.25, 0.3) is 0 Å². The molecule has 2 aromatic carbocycles. The fourth-order valence-electron chi connectivity index (χ4n) is 3.66. The smallest absolute Gasteiger partial charge is 0.248 e. The summed E-state index contributed by atoms with van der Waals surface area (Å²) in [4.78, 5) is 45.1. The first-order chi connectivity index (χ1) is 16.7. The first kappa shape index (κ1) is 25.6. The first-order valence-electron chi connectivity index (χ1n) is 11.7. The molecule has 3 aromatic rings. The van der Waals surface area contributed by atoms with Crippen LogP contribution in [0, 0.1) is 13.8 Å². The summed E-state index contributed by atoms with van der Waals surface area (Å²) in [6.07, 6.45) is 1.48. The number of carbonyl (C=O) groups is 3. The van der Waals surface area contributed by atoms with Crippen LogP contribution in [0.1, 0.15) is 49.4 Å². The van der Waals surface area contributed by atoms with Gasteiger partial charge in [-0.2, -0.15) is 0 Å². The van der Waals surface area contributed by atoms with Gasteiger partial charge in [-0.3, -0.25) is 19.3 Å². The highest BCUT2D eigenvalue weighted by Crippen LogP contribution is 2.30. The molecule has 0 unspecified atom stereocenters. The topological polar surface area (TPSA) is 91.4 Å². The van der Waals surface area contributed by atoms with E-state index in [9.17, 15) is 14.4 Å². The molecule has 1 aromatic heterocycles. The number of carbonyl (C=O) groups excluding carboxylic acids is 3. The van der Waals surface area contributed by atoms with Gasteiger partial charge in [-0.25, -0.2) is 4.98 Å². The molecule has 0 aliphatic heterocycles. The first-order valence-corrected chi connectivity index (χ1v) is 11.7. The van der Waals surface area contributed by atoms with Crippen molar-refractivity contribution < 1.29 is 14.4 Å². The molecule has 3 amide bonds. The number of anilines is 2. The van der Waals surface area contributed by atoms with E-state index in [0.717, 1.165) is 11.1 Å². The largest absolute Gasteiger partial charge is 0.352 e. The van der Waals surface area contributed by atoms with E-state index in [1.165, 1.54) is 4.90 Å². The van der Waals surface area contributed by atoms with Crippen LogP contribution >= 0.6 is 0 Å². The minimum absolute atomic E-state index is 0.0375. The summed E-state index contributed by atoms with van der Waals surface area (Å²) in [5.41, 5.74) is 3.38. The van der Waals surface area contributed by atoms with Crippen LogP contribution < -0.4 is 15.5 Å². The van der Waals surface area contributed by atoms with Gasteiger partial charge < -0.3 is 10.6 Å². The standard InChI is InChI=1S/C28H32N4O3/c1-19(2)30-28(35)27(22-12-8-20(3)9-13-22)32(23-14-10-21(4)11-15-23)26(34)17-16-25(33)31-24-7-5-6-18-29-24/h5-15,18-19,27H,16-17H2,1-4H3,(H,30,35)(H,29,31,33)/t27-/m1/s1. The predicted molar refractivity (Wildman–Crippen MR) is 138 cm³/mol. The van der Waals surface area contributed by atoms with E-state index in [-0.39, 0.29) is 36.6 Å². The molecule has 0 aliphatic carbocycles. The molecule has 182 valence electrons. The molecule has 3 rings (SSSR count). The number of nitrogens with zero attached hydrogens (tertiary/aromatic N) is 2. The van der Waals surface area contributed by atoms with Crippen molar-refractivity contribution in [2.24, 2.45) is 0 Å². The van der Waals surface area contributed by atoms with Crippen LogP contribution in [-0.4, -0.2) is 28.7 Å². The summed E-state index contributed by atoms with van der Waals surface area (Å²) in [6.45, 7) is 7.69. The summed E-state index contributed by atoms with van der Waals surface area (Å²) in [7, 11) is 0. The Morgan fingerprint density at radius 1 is 0.857 bits per heavy atom. The lowest BCUT2D eigenvalue weighted by atomic mass is 10.0. The number of nitrogens with one attached hydrogen (secondary N) is 2. The van der Waals surface area contributed by atoms with Gasteiger partial charge in [0.1, 0.15) is 11.9 Å². The molecular formula is C28H32N4O3. The third-order valence-electron chi connectivity index (χ3n) is 5.41. The molecular weight excluding hydrogens is 440 g/mol. The lowest BCUT2D eigenvalue weighted by Crippen LogP contribution is -2.46. The van der Waals surface area contributed by atoms with E-state index in [1.807, 2.05) is 76.2 Å². The van der Waals surface area contributed by atoms with Crippen LogP contribution in [0.5, 0.6) is 0 Å². The van der Waals surface area contributed by atoms with Gasteiger partial charge in [0, 0.05) is 30.8 Å². The highest BCUT2D eigenvalue weighted by atomic mass is 16.2. The minimum atomic E-state index is -0.882. The molecule has 0 saturated heterocycles. The van der Waals surface area contributed by atoms with Crippen LogP contribution in [0.15, 0.2) is 72.9 Å². The molecule has 0 spiro atoms. The van der Waals surface area contributed by atoms with Crippen molar-refractivity contribution >= 4 is 29.2 Å². The van der Waals surface area contributed by atoms with Gasteiger partial charge in [0.15, 0.2) is 0 Å². The van der Waals surface area contributed by atoms with Crippen molar-refractivity contribution in [3.8, 4) is 0 Å². The number of amides is 3. The van der Waals surface area contributed by atoms with Crippen LogP contribution in [0.2, 0.25) is 0 Å². The lowest BCUT2D eigenvalue weighted by molar-refractivity contribution is -0.127. The number of pyridine rings is 1. The Labute approximate surface area is 206 Å². The van der Waals surface area contributed by atoms with Gasteiger partial charge >= 0.3 is 0 Å². The second kappa shape index (κ2) is 11.9. The highest BCUT2D eigenvalue weighted by molar-refractivity contribution is 6.03. The summed E-state index contributed by atoms with van der Waals surface area (Å²) < 4.78 is 0. The minimum Gasteiger partial charge on any atom is -0.352 e. The number of benzene rings is 2. The number of hydrogen-bond acceptors (Lipinski definition) is 4. The molecule has 0 saturated carbocycles. The van der Waals surface area contributed by atoms with E-state index >= 15 is 0 Å². The van der Waals surface area contributed by atoms with E-state index in [2.05, 4.69) is 15.6 Å². The Morgan fingerprint density at radius 3 is 2.06 bits per heavy atom. The summed E-state index contributed by atoms with van der Waals surface area (Å²) in [5, 5.41) is 5.65. The van der Waals surface area contributed by atoms with Crippen LogP contribution in [0.4, 0.5) is 11.5 Å². The lowest BCUT2D eigenvalue weighted by Gasteiger charge is -2.32. The Kier molecular flexibility index (Phi) is 8.73. The molecule has 2 N–H and O–H groups in total. The Morgan fingerprint density at radius 2 is 1.49 bits per heavy atom. The maximum Gasteiger partial charge on any atom is 0.248 e. The van der Waals surface area contributed by atoms with E-state index in [0.29, 0.717) is 17.1 Å². The molecule has 1 atom stereocenters. The molecule has 1 heterocycles. The van der Waals surface area contributed by atoms with E-state index in [1.54, 1.807) is 24.4 Å².